The summed E-state index contributed by atoms with van der Waals surface area (Å²) in [5.74, 6) is 1.04. The fourth-order valence-corrected chi connectivity index (χ4v) is 3.42. The van der Waals surface area contributed by atoms with Crippen molar-refractivity contribution in [2.24, 2.45) is 0 Å². The van der Waals surface area contributed by atoms with Crippen LogP contribution in [0.5, 0.6) is 5.75 Å². The molecule has 6 heteroatoms. The van der Waals surface area contributed by atoms with E-state index < -0.39 is 0 Å². The SMILES string of the molecule is CC.CCOC(CC)OC.COc1ccc(N2CCN(C(C)=O)CC2)cc1.Cc1cccc(C)c1. The molecule has 0 bridgehead atoms. The lowest BCUT2D eigenvalue weighted by Crippen LogP contribution is -2.48. The molecule has 0 N–H and O–H groups in total. The van der Waals surface area contributed by atoms with Gasteiger partial charge < -0.3 is 24.0 Å². The molecule has 2 aromatic rings. The van der Waals surface area contributed by atoms with Gasteiger partial charge in [-0.2, -0.15) is 0 Å². The summed E-state index contributed by atoms with van der Waals surface area (Å²) in [5, 5.41) is 0. The Morgan fingerprint density at radius 3 is 1.77 bits per heavy atom. The van der Waals surface area contributed by atoms with Crippen molar-refractivity contribution in [1.82, 2.24) is 4.90 Å². The van der Waals surface area contributed by atoms with E-state index in [0.29, 0.717) is 0 Å². The number of methoxy groups -OCH3 is 2. The second-order valence-corrected chi connectivity index (χ2v) is 7.88. The molecule has 1 saturated heterocycles. The van der Waals surface area contributed by atoms with Crippen molar-refractivity contribution in [3.05, 3.63) is 59.7 Å². The third kappa shape index (κ3) is 13.8. The van der Waals surface area contributed by atoms with Crippen molar-refractivity contribution in [2.75, 3.05) is 51.9 Å². The van der Waals surface area contributed by atoms with E-state index in [1.807, 2.05) is 44.7 Å². The number of anilines is 1. The third-order valence-electron chi connectivity index (χ3n) is 5.28. The highest BCUT2D eigenvalue weighted by Gasteiger charge is 2.18. The van der Waals surface area contributed by atoms with E-state index in [1.54, 1.807) is 21.1 Å². The Kier molecular flexibility index (Phi) is 18.3. The van der Waals surface area contributed by atoms with Crippen molar-refractivity contribution in [1.29, 1.82) is 0 Å². The number of hydrogen-bond donors (Lipinski definition) is 0. The fraction of sp³-hybridized carbons (Fsp3) is 0.552. The highest BCUT2D eigenvalue weighted by molar-refractivity contribution is 5.73. The second-order valence-electron chi connectivity index (χ2n) is 7.88. The Bertz CT molecular complexity index is 766. The van der Waals surface area contributed by atoms with Crippen LogP contribution in [0.2, 0.25) is 0 Å². The molecule has 0 aromatic heterocycles. The number of carbonyl (C=O) groups is 1. The molecule has 1 atom stereocenters. The van der Waals surface area contributed by atoms with Crippen LogP contribution < -0.4 is 9.64 Å². The summed E-state index contributed by atoms with van der Waals surface area (Å²) in [7, 11) is 3.32. The number of carbonyl (C=O) groups excluding carboxylic acids is 1. The number of piperazine rings is 1. The monoisotopic (exact) mass is 488 g/mol. The molecule has 1 heterocycles. The molecule has 0 spiro atoms. The van der Waals surface area contributed by atoms with E-state index in [4.69, 9.17) is 14.2 Å². The molecule has 1 fully saturated rings. The minimum Gasteiger partial charge on any atom is -0.497 e. The number of amides is 1. The first-order valence-electron chi connectivity index (χ1n) is 12.7. The van der Waals surface area contributed by atoms with Gasteiger partial charge in [0.05, 0.1) is 7.11 Å². The zero-order valence-corrected chi connectivity index (χ0v) is 23.5. The first-order valence-corrected chi connectivity index (χ1v) is 12.7. The maximum atomic E-state index is 11.2. The van der Waals surface area contributed by atoms with Crippen molar-refractivity contribution in [3.63, 3.8) is 0 Å². The van der Waals surface area contributed by atoms with Crippen LogP contribution in [-0.2, 0) is 14.3 Å². The van der Waals surface area contributed by atoms with Crippen molar-refractivity contribution >= 4 is 11.6 Å². The van der Waals surface area contributed by atoms with E-state index in [0.717, 1.165) is 45.0 Å². The van der Waals surface area contributed by atoms with E-state index in [2.05, 4.69) is 55.1 Å². The molecule has 3 rings (SSSR count). The molecule has 6 nitrogen and oxygen atoms in total. The second kappa shape index (κ2) is 19.7. The van der Waals surface area contributed by atoms with Crippen LogP contribution in [0.1, 0.15) is 52.2 Å². The van der Waals surface area contributed by atoms with Crippen LogP contribution in [0.15, 0.2) is 48.5 Å². The van der Waals surface area contributed by atoms with Gasteiger partial charge in [-0.1, -0.05) is 56.2 Å². The molecular formula is C29H48N2O4. The zero-order valence-electron chi connectivity index (χ0n) is 23.5. The molecule has 0 radical (unpaired) electrons. The van der Waals surface area contributed by atoms with E-state index >= 15 is 0 Å². The summed E-state index contributed by atoms with van der Waals surface area (Å²) in [6.45, 7) is 18.0. The van der Waals surface area contributed by atoms with Crippen LogP contribution in [0.4, 0.5) is 5.69 Å². The number of nitrogens with zero attached hydrogens (tertiary/aromatic N) is 2. The predicted octanol–water partition coefficient (Wildman–Crippen LogP) is 6.10. The number of ether oxygens (including phenoxy) is 3. The largest absolute Gasteiger partial charge is 0.497 e. The summed E-state index contributed by atoms with van der Waals surface area (Å²) >= 11 is 0. The van der Waals surface area contributed by atoms with Crippen LogP contribution >= 0.6 is 0 Å². The van der Waals surface area contributed by atoms with Crippen molar-refractivity contribution in [3.8, 4) is 5.75 Å². The summed E-state index contributed by atoms with van der Waals surface area (Å²) in [6.07, 6.45) is 0.921. The maximum absolute atomic E-state index is 11.2. The predicted molar refractivity (Wildman–Crippen MR) is 147 cm³/mol. The molecule has 198 valence electrons. The number of benzene rings is 2. The Labute approximate surface area is 214 Å². The lowest BCUT2D eigenvalue weighted by atomic mass is 10.2. The van der Waals surface area contributed by atoms with Crippen molar-refractivity contribution < 1.29 is 19.0 Å². The highest BCUT2D eigenvalue weighted by Crippen LogP contribution is 2.20. The topological polar surface area (TPSA) is 51.2 Å². The first kappa shape index (κ1) is 32.4. The van der Waals surface area contributed by atoms with Crippen LogP contribution in [0.3, 0.4) is 0 Å². The minimum absolute atomic E-state index is 0.000000000000000444. The first-order chi connectivity index (χ1) is 16.8. The van der Waals surface area contributed by atoms with Gasteiger partial charge >= 0.3 is 0 Å². The minimum atomic E-state index is -0.000000000000000444. The molecule has 1 unspecified atom stereocenters. The smallest absolute Gasteiger partial charge is 0.219 e. The van der Waals surface area contributed by atoms with Crippen molar-refractivity contribution in [2.45, 2.75) is 61.2 Å². The van der Waals surface area contributed by atoms with Gasteiger partial charge in [0.15, 0.2) is 6.29 Å². The van der Waals surface area contributed by atoms with Gasteiger partial charge in [-0.3, -0.25) is 4.79 Å². The lowest BCUT2D eigenvalue weighted by Gasteiger charge is -2.35. The van der Waals surface area contributed by atoms with E-state index in [9.17, 15) is 4.79 Å². The van der Waals surface area contributed by atoms with Gasteiger partial charge in [0.2, 0.25) is 5.91 Å². The Morgan fingerprint density at radius 2 is 1.46 bits per heavy atom. The molecule has 2 aromatic carbocycles. The van der Waals surface area contributed by atoms with Gasteiger partial charge in [-0.15, -0.1) is 0 Å². The van der Waals surface area contributed by atoms with E-state index in [-0.39, 0.29) is 12.2 Å². The summed E-state index contributed by atoms with van der Waals surface area (Å²) < 4.78 is 15.2. The zero-order chi connectivity index (χ0) is 26.6. The van der Waals surface area contributed by atoms with E-state index in [1.165, 1.54) is 16.8 Å². The number of hydrogen-bond acceptors (Lipinski definition) is 5. The van der Waals surface area contributed by atoms with Gasteiger partial charge in [-0.25, -0.2) is 0 Å². The Morgan fingerprint density at radius 1 is 0.914 bits per heavy atom. The number of rotatable bonds is 6. The normalized spacial score (nSPS) is 13.2. The Hall–Kier alpha value is -2.57. The summed E-state index contributed by atoms with van der Waals surface area (Å²) in [5.41, 5.74) is 3.86. The summed E-state index contributed by atoms with van der Waals surface area (Å²) in [4.78, 5) is 15.4. The van der Waals surface area contributed by atoms with Crippen LogP contribution in [-0.4, -0.2) is 64.1 Å². The Balaban J connectivity index is 0.000000539. The van der Waals surface area contributed by atoms with Gasteiger partial charge in [0, 0.05) is 52.5 Å². The lowest BCUT2D eigenvalue weighted by molar-refractivity contribution is -0.129. The molecule has 0 aliphatic carbocycles. The molecule has 1 amide bonds. The fourth-order valence-electron chi connectivity index (χ4n) is 3.42. The third-order valence-corrected chi connectivity index (χ3v) is 5.28. The van der Waals surface area contributed by atoms with Gasteiger partial charge in [0.25, 0.3) is 0 Å². The molecule has 35 heavy (non-hydrogen) atoms. The highest BCUT2D eigenvalue weighted by atomic mass is 16.7. The van der Waals surface area contributed by atoms with Gasteiger partial charge in [0.1, 0.15) is 5.75 Å². The average Bonchev–Trinajstić information content (AvgIpc) is 2.89. The molecule has 1 aliphatic rings. The molecule has 1 aliphatic heterocycles. The molecule has 0 saturated carbocycles. The maximum Gasteiger partial charge on any atom is 0.219 e. The summed E-state index contributed by atoms with van der Waals surface area (Å²) in [6, 6.07) is 16.5. The van der Waals surface area contributed by atoms with Gasteiger partial charge in [-0.05, 0) is 51.5 Å². The average molecular weight is 489 g/mol. The quantitative estimate of drug-likeness (QED) is 0.460. The standard InChI is InChI=1S/C13H18N2O2.C8H10.C6H14O2.C2H6/c1-11(16)14-7-9-15(10-8-14)12-3-5-13(17-2)6-4-12;1-7-4-3-5-8(2)6-7;1-4-6(7-3)8-5-2;1-2/h3-6H,7-10H2,1-2H3;3-6H,1-2H3;6H,4-5H2,1-3H3;1-2H3. The van der Waals surface area contributed by atoms with Crippen LogP contribution in [0.25, 0.3) is 0 Å². The van der Waals surface area contributed by atoms with Crippen LogP contribution in [0, 0.1) is 13.8 Å². The molecular weight excluding hydrogens is 440 g/mol. The number of aryl methyl sites for hydroxylation is 2.